The van der Waals surface area contributed by atoms with Gasteiger partial charge < -0.3 is 10.1 Å². The molecule has 3 fully saturated rings. The standard InChI is InChI=1S/C33H42N2O/c1-3-4-12-25-18-19-30(36-2)29(23-25)24-34-32-28-17-11-21-35(22-20-28)33(32)31(26-13-7-5-8-14-26)27-15-9-6-10-16-27/h5-10,13-16,18-19,23,28,31-34H,3-4,11-12,17,20-22,24H2,1-2H3/t28?,32-,33-/m0/s1. The lowest BCUT2D eigenvalue weighted by atomic mass is 9.74. The van der Waals surface area contributed by atoms with Crippen LogP contribution in [0.25, 0.3) is 0 Å². The van der Waals surface area contributed by atoms with Gasteiger partial charge in [0.25, 0.3) is 0 Å². The van der Waals surface area contributed by atoms with Crippen molar-refractivity contribution >= 4 is 0 Å². The summed E-state index contributed by atoms with van der Waals surface area (Å²) in [7, 11) is 1.80. The average Bonchev–Trinajstić information content (AvgIpc) is 3.27. The van der Waals surface area contributed by atoms with Gasteiger partial charge in [-0.2, -0.15) is 0 Å². The van der Waals surface area contributed by atoms with Crippen LogP contribution in [0.2, 0.25) is 0 Å². The smallest absolute Gasteiger partial charge is 0.123 e. The van der Waals surface area contributed by atoms with Crippen molar-refractivity contribution in [3.63, 3.8) is 0 Å². The number of rotatable bonds is 10. The van der Waals surface area contributed by atoms with E-state index in [1.54, 1.807) is 7.11 Å². The molecule has 4 atom stereocenters. The normalized spacial score (nSPS) is 23.5. The zero-order valence-corrected chi connectivity index (χ0v) is 22.0. The van der Waals surface area contributed by atoms with E-state index in [-0.39, 0.29) is 0 Å². The van der Waals surface area contributed by atoms with Crippen LogP contribution in [-0.4, -0.2) is 37.2 Å². The maximum absolute atomic E-state index is 5.79. The van der Waals surface area contributed by atoms with Crippen LogP contribution in [0.1, 0.15) is 67.2 Å². The molecule has 36 heavy (non-hydrogen) atoms. The minimum atomic E-state index is 0.351. The Bertz CT molecular complexity index is 1040. The quantitative estimate of drug-likeness (QED) is 0.343. The van der Waals surface area contributed by atoms with E-state index in [9.17, 15) is 0 Å². The molecule has 3 nitrogen and oxygen atoms in total. The maximum atomic E-state index is 5.79. The summed E-state index contributed by atoms with van der Waals surface area (Å²) in [6.45, 7) is 5.52. The van der Waals surface area contributed by atoms with Crippen molar-refractivity contribution in [3.8, 4) is 5.75 Å². The fraction of sp³-hybridized carbons (Fsp3) is 0.455. The Morgan fingerprint density at radius 2 is 1.64 bits per heavy atom. The van der Waals surface area contributed by atoms with Crippen LogP contribution in [0.4, 0.5) is 0 Å². The largest absolute Gasteiger partial charge is 0.496 e. The van der Waals surface area contributed by atoms with Crippen molar-refractivity contribution in [2.75, 3.05) is 20.2 Å². The third-order valence-corrected chi connectivity index (χ3v) is 8.46. The molecule has 3 aliphatic rings. The molecule has 0 aromatic heterocycles. The molecule has 3 aliphatic heterocycles. The minimum Gasteiger partial charge on any atom is -0.496 e. The lowest BCUT2D eigenvalue weighted by molar-refractivity contribution is 0.0860. The van der Waals surface area contributed by atoms with E-state index in [0.29, 0.717) is 23.9 Å². The first kappa shape index (κ1) is 25.0. The van der Waals surface area contributed by atoms with E-state index < -0.39 is 0 Å². The Balaban J connectivity index is 1.48. The van der Waals surface area contributed by atoms with Gasteiger partial charge >= 0.3 is 0 Å². The van der Waals surface area contributed by atoms with Crippen LogP contribution in [0.3, 0.4) is 0 Å². The summed E-state index contributed by atoms with van der Waals surface area (Å²) in [5, 5.41) is 4.12. The molecule has 190 valence electrons. The molecule has 0 radical (unpaired) electrons. The van der Waals surface area contributed by atoms with Crippen molar-refractivity contribution in [1.82, 2.24) is 10.2 Å². The minimum absolute atomic E-state index is 0.351. The third-order valence-electron chi connectivity index (χ3n) is 8.46. The van der Waals surface area contributed by atoms with Gasteiger partial charge in [0.2, 0.25) is 0 Å². The molecule has 3 aromatic carbocycles. The predicted octanol–water partition coefficient (Wildman–Crippen LogP) is 6.81. The van der Waals surface area contributed by atoms with Gasteiger partial charge in [-0.15, -0.1) is 0 Å². The van der Waals surface area contributed by atoms with Crippen molar-refractivity contribution < 1.29 is 4.74 Å². The molecule has 3 aromatic rings. The summed E-state index contributed by atoms with van der Waals surface area (Å²) in [6.07, 6.45) is 7.50. The summed E-state index contributed by atoms with van der Waals surface area (Å²) in [5.74, 6) is 2.06. The van der Waals surface area contributed by atoms with Crippen LogP contribution in [0.15, 0.2) is 78.9 Å². The van der Waals surface area contributed by atoms with Crippen LogP contribution in [-0.2, 0) is 13.0 Å². The lowest BCUT2D eigenvalue weighted by Crippen LogP contribution is -2.58. The van der Waals surface area contributed by atoms with Gasteiger partial charge in [0.15, 0.2) is 0 Å². The summed E-state index contributed by atoms with van der Waals surface area (Å²) in [5.41, 5.74) is 5.55. The first-order chi connectivity index (χ1) is 17.8. The molecule has 6 rings (SSSR count). The number of piperidine rings is 1. The van der Waals surface area contributed by atoms with Crippen molar-refractivity contribution in [3.05, 3.63) is 101 Å². The predicted molar refractivity (Wildman–Crippen MR) is 150 cm³/mol. The zero-order chi connectivity index (χ0) is 24.7. The van der Waals surface area contributed by atoms with E-state index in [2.05, 4.69) is 96.0 Å². The number of unbranched alkanes of at least 4 members (excludes halogenated alkanes) is 1. The van der Waals surface area contributed by atoms with E-state index in [1.165, 1.54) is 67.4 Å². The van der Waals surface area contributed by atoms with E-state index in [1.807, 2.05) is 0 Å². The molecule has 0 amide bonds. The SMILES string of the molecule is CCCCc1ccc(OC)c(CN[C@H]2C3CCCN(CC3)[C@H]2C(c2ccccc2)c2ccccc2)c1. The van der Waals surface area contributed by atoms with Gasteiger partial charge in [-0.05, 0) is 73.9 Å². The first-order valence-electron chi connectivity index (χ1n) is 14.0. The first-order valence-corrected chi connectivity index (χ1v) is 14.0. The zero-order valence-electron chi connectivity index (χ0n) is 22.0. The molecule has 0 saturated carbocycles. The highest BCUT2D eigenvalue weighted by atomic mass is 16.5. The summed E-state index contributed by atoms with van der Waals surface area (Å²) in [4.78, 5) is 2.79. The number of hydrogen-bond donors (Lipinski definition) is 1. The summed E-state index contributed by atoms with van der Waals surface area (Å²) < 4.78 is 5.79. The number of methoxy groups -OCH3 is 1. The van der Waals surface area contributed by atoms with Gasteiger partial charge in [-0.3, -0.25) is 4.90 Å². The van der Waals surface area contributed by atoms with Crippen LogP contribution < -0.4 is 10.1 Å². The molecule has 1 N–H and O–H groups in total. The Kier molecular flexibility index (Phi) is 8.40. The second-order valence-electron chi connectivity index (χ2n) is 10.7. The molecule has 0 spiro atoms. The fourth-order valence-electron chi connectivity index (χ4n) is 6.66. The van der Waals surface area contributed by atoms with Gasteiger partial charge in [-0.25, -0.2) is 0 Å². The highest BCUT2D eigenvalue weighted by molar-refractivity contribution is 5.38. The number of aryl methyl sites for hydroxylation is 1. The van der Waals surface area contributed by atoms with Crippen molar-refractivity contribution in [2.45, 2.75) is 70.0 Å². The molecular weight excluding hydrogens is 440 g/mol. The number of fused-ring (bicyclic) bond motifs is 4. The van der Waals surface area contributed by atoms with Gasteiger partial charge in [-0.1, -0.05) is 86.1 Å². The Hall–Kier alpha value is -2.62. The molecule has 2 unspecified atom stereocenters. The summed E-state index contributed by atoms with van der Waals surface area (Å²) in [6, 6.07) is 30.0. The van der Waals surface area contributed by atoms with Crippen LogP contribution in [0.5, 0.6) is 5.75 Å². The highest BCUT2D eigenvalue weighted by Crippen LogP contribution is 2.41. The Morgan fingerprint density at radius 3 is 2.31 bits per heavy atom. The summed E-state index contributed by atoms with van der Waals surface area (Å²) >= 11 is 0. The molecule has 3 heterocycles. The number of hydrogen-bond acceptors (Lipinski definition) is 3. The Labute approximate surface area is 217 Å². The van der Waals surface area contributed by atoms with Crippen LogP contribution >= 0.6 is 0 Å². The Morgan fingerprint density at radius 1 is 0.917 bits per heavy atom. The lowest BCUT2D eigenvalue weighted by Gasteiger charge is -2.47. The molecule has 3 heteroatoms. The van der Waals surface area contributed by atoms with Crippen LogP contribution in [0, 0.1) is 5.92 Å². The fourth-order valence-corrected chi connectivity index (χ4v) is 6.66. The molecule has 2 bridgehead atoms. The van der Waals surface area contributed by atoms with Gasteiger partial charge in [0, 0.05) is 30.1 Å². The van der Waals surface area contributed by atoms with Gasteiger partial charge in [0.1, 0.15) is 5.75 Å². The van der Waals surface area contributed by atoms with Gasteiger partial charge in [0.05, 0.1) is 7.11 Å². The topological polar surface area (TPSA) is 24.5 Å². The molecule has 3 saturated heterocycles. The molecular formula is C33H42N2O. The molecule has 0 aliphatic carbocycles. The average molecular weight is 483 g/mol. The van der Waals surface area contributed by atoms with Crippen molar-refractivity contribution in [1.29, 1.82) is 0 Å². The monoisotopic (exact) mass is 482 g/mol. The number of nitrogens with one attached hydrogen (secondary N) is 1. The van der Waals surface area contributed by atoms with E-state index in [4.69, 9.17) is 4.74 Å². The van der Waals surface area contributed by atoms with E-state index >= 15 is 0 Å². The van der Waals surface area contributed by atoms with E-state index in [0.717, 1.165) is 18.7 Å². The number of nitrogens with zero attached hydrogens (tertiary/aromatic N) is 1. The second-order valence-corrected chi connectivity index (χ2v) is 10.7. The maximum Gasteiger partial charge on any atom is 0.123 e. The second kappa shape index (κ2) is 12.1. The highest BCUT2D eigenvalue weighted by Gasteiger charge is 2.44. The van der Waals surface area contributed by atoms with Crippen molar-refractivity contribution in [2.24, 2.45) is 5.92 Å². The third kappa shape index (κ3) is 5.53. The number of ether oxygens (including phenoxy) is 1. The number of benzene rings is 3.